The average Bonchev–Trinajstić information content (AvgIpc) is 2.33. The van der Waals surface area contributed by atoms with E-state index in [-0.39, 0.29) is 18.4 Å². The fourth-order valence-electron chi connectivity index (χ4n) is 1.44. The summed E-state index contributed by atoms with van der Waals surface area (Å²) < 4.78 is 44.2. The molecule has 0 fully saturated rings. The topological polar surface area (TPSA) is 55.8 Å². The Kier molecular flexibility index (Phi) is 5.17. The molecule has 1 aromatic carbocycles. The number of hydrogen-bond donors (Lipinski definition) is 1. The van der Waals surface area contributed by atoms with Crippen LogP contribution in [0.15, 0.2) is 24.3 Å². The van der Waals surface area contributed by atoms with Crippen molar-refractivity contribution in [3.05, 3.63) is 29.8 Å². The zero-order valence-corrected chi connectivity index (χ0v) is 10.1. The van der Waals surface area contributed by atoms with Gasteiger partial charge in [-0.3, -0.25) is 4.79 Å². The second-order valence-corrected chi connectivity index (χ2v) is 3.75. The lowest BCUT2D eigenvalue weighted by Gasteiger charge is -2.13. The van der Waals surface area contributed by atoms with Crippen LogP contribution in [0.4, 0.5) is 13.2 Å². The fourth-order valence-corrected chi connectivity index (χ4v) is 1.44. The number of benzene rings is 1. The lowest BCUT2D eigenvalue weighted by atomic mass is 10.0. The van der Waals surface area contributed by atoms with Gasteiger partial charge < -0.3 is 14.6 Å². The van der Waals surface area contributed by atoms with E-state index in [2.05, 4.69) is 9.47 Å². The summed E-state index contributed by atoms with van der Waals surface area (Å²) in [4.78, 5) is 10.9. The molecule has 1 atom stereocenters. The maximum absolute atomic E-state index is 12.0. The van der Waals surface area contributed by atoms with E-state index in [9.17, 15) is 23.1 Å². The normalized spacial score (nSPS) is 12.9. The summed E-state index contributed by atoms with van der Waals surface area (Å²) in [5, 5.41) is 9.74. The first-order valence-electron chi connectivity index (χ1n) is 5.42. The number of rotatable bonds is 5. The first kappa shape index (κ1) is 15.3. The van der Waals surface area contributed by atoms with Gasteiger partial charge in [0.15, 0.2) is 0 Å². The van der Waals surface area contributed by atoms with Gasteiger partial charge in [-0.25, -0.2) is 0 Å². The maximum atomic E-state index is 12.0. The van der Waals surface area contributed by atoms with Crippen molar-refractivity contribution in [1.29, 1.82) is 0 Å². The van der Waals surface area contributed by atoms with Crippen LogP contribution in [0.25, 0.3) is 0 Å². The standard InChI is InChI=1S/C12H13F3O4/c1-18-11(17)6-5-10(16)8-3-2-4-9(7-8)19-12(13,14)15/h2-4,7,10,16H,5-6H2,1H3. The van der Waals surface area contributed by atoms with Crippen molar-refractivity contribution in [1.82, 2.24) is 0 Å². The molecule has 0 saturated carbocycles. The molecule has 0 radical (unpaired) electrons. The highest BCUT2D eigenvalue weighted by molar-refractivity contribution is 5.69. The minimum Gasteiger partial charge on any atom is -0.469 e. The Hall–Kier alpha value is -1.76. The predicted molar refractivity (Wildman–Crippen MR) is 59.3 cm³/mol. The summed E-state index contributed by atoms with van der Waals surface area (Å²) in [7, 11) is 1.21. The lowest BCUT2D eigenvalue weighted by Crippen LogP contribution is -2.17. The summed E-state index contributed by atoms with van der Waals surface area (Å²) in [6.07, 6.45) is -5.81. The second-order valence-electron chi connectivity index (χ2n) is 3.75. The Labute approximate surface area is 107 Å². The molecule has 19 heavy (non-hydrogen) atoms. The largest absolute Gasteiger partial charge is 0.573 e. The lowest BCUT2D eigenvalue weighted by molar-refractivity contribution is -0.274. The van der Waals surface area contributed by atoms with Gasteiger partial charge in [0.2, 0.25) is 0 Å². The zero-order valence-electron chi connectivity index (χ0n) is 10.1. The van der Waals surface area contributed by atoms with E-state index >= 15 is 0 Å². The second kappa shape index (κ2) is 6.42. The molecule has 106 valence electrons. The smallest absolute Gasteiger partial charge is 0.469 e. The van der Waals surface area contributed by atoms with Crippen LogP contribution in [0.3, 0.4) is 0 Å². The van der Waals surface area contributed by atoms with Crippen LogP contribution in [0.2, 0.25) is 0 Å². The fraction of sp³-hybridized carbons (Fsp3) is 0.417. The molecule has 7 heteroatoms. The number of ether oxygens (including phenoxy) is 2. The van der Waals surface area contributed by atoms with Crippen molar-refractivity contribution in [3.8, 4) is 5.75 Å². The third kappa shape index (κ3) is 5.60. The van der Waals surface area contributed by atoms with Gasteiger partial charge in [0.1, 0.15) is 5.75 Å². The van der Waals surface area contributed by atoms with Gasteiger partial charge in [-0.15, -0.1) is 13.2 Å². The SMILES string of the molecule is COC(=O)CCC(O)c1cccc(OC(F)(F)F)c1. The molecule has 0 aliphatic rings. The number of halogens is 3. The van der Waals surface area contributed by atoms with Crippen molar-refractivity contribution < 1.29 is 32.5 Å². The number of esters is 1. The number of methoxy groups -OCH3 is 1. The molecule has 0 amide bonds. The molecule has 1 N–H and O–H groups in total. The quantitative estimate of drug-likeness (QED) is 0.841. The Balaban J connectivity index is 2.67. The van der Waals surface area contributed by atoms with Crippen LogP contribution >= 0.6 is 0 Å². The number of aliphatic hydroxyl groups is 1. The van der Waals surface area contributed by atoms with Crippen LogP contribution < -0.4 is 4.74 Å². The molecule has 0 aliphatic heterocycles. The average molecular weight is 278 g/mol. The predicted octanol–water partition coefficient (Wildman–Crippen LogP) is 2.57. The molecule has 1 aromatic rings. The van der Waals surface area contributed by atoms with Crippen molar-refractivity contribution in [3.63, 3.8) is 0 Å². The summed E-state index contributed by atoms with van der Waals surface area (Å²) in [6.45, 7) is 0. The van der Waals surface area contributed by atoms with Gasteiger partial charge in [0, 0.05) is 6.42 Å². The third-order valence-electron chi connectivity index (χ3n) is 2.33. The van der Waals surface area contributed by atoms with Crippen LogP contribution in [0, 0.1) is 0 Å². The summed E-state index contributed by atoms with van der Waals surface area (Å²) in [6, 6.07) is 4.99. The first-order chi connectivity index (χ1) is 8.81. The van der Waals surface area contributed by atoms with E-state index in [0.717, 1.165) is 12.1 Å². The maximum Gasteiger partial charge on any atom is 0.573 e. The Bertz CT molecular complexity index is 431. The van der Waals surface area contributed by atoms with Crippen LogP contribution in [0.5, 0.6) is 5.75 Å². The summed E-state index contributed by atoms with van der Waals surface area (Å²) in [5.41, 5.74) is 0.241. The molecular formula is C12H13F3O4. The van der Waals surface area contributed by atoms with Crippen molar-refractivity contribution in [2.24, 2.45) is 0 Å². The molecule has 0 aliphatic carbocycles. The molecule has 0 spiro atoms. The van der Waals surface area contributed by atoms with Gasteiger partial charge in [-0.2, -0.15) is 0 Å². The molecule has 1 unspecified atom stereocenters. The van der Waals surface area contributed by atoms with Crippen LogP contribution in [0.1, 0.15) is 24.5 Å². The Morgan fingerprint density at radius 3 is 2.68 bits per heavy atom. The van der Waals surface area contributed by atoms with E-state index < -0.39 is 24.2 Å². The molecule has 4 nitrogen and oxygen atoms in total. The highest BCUT2D eigenvalue weighted by Crippen LogP contribution is 2.27. The number of carbonyl (C=O) groups excluding carboxylic acids is 1. The molecule has 0 aromatic heterocycles. The van der Waals surface area contributed by atoms with Gasteiger partial charge in [0.05, 0.1) is 13.2 Å². The molecular weight excluding hydrogens is 265 g/mol. The number of aliphatic hydroxyl groups excluding tert-OH is 1. The van der Waals surface area contributed by atoms with Crippen molar-refractivity contribution in [2.75, 3.05) is 7.11 Å². The van der Waals surface area contributed by atoms with Crippen molar-refractivity contribution >= 4 is 5.97 Å². The molecule has 1 rings (SSSR count). The molecule has 0 saturated heterocycles. The minimum absolute atomic E-state index is 0.0258. The van der Waals surface area contributed by atoms with Gasteiger partial charge in [0.25, 0.3) is 0 Å². The monoisotopic (exact) mass is 278 g/mol. The Morgan fingerprint density at radius 1 is 1.42 bits per heavy atom. The van der Waals surface area contributed by atoms with Crippen LogP contribution in [-0.4, -0.2) is 24.5 Å². The zero-order chi connectivity index (χ0) is 14.5. The first-order valence-corrected chi connectivity index (χ1v) is 5.42. The molecule has 0 heterocycles. The number of alkyl halides is 3. The van der Waals surface area contributed by atoms with Crippen LogP contribution in [-0.2, 0) is 9.53 Å². The summed E-state index contributed by atoms with van der Waals surface area (Å²) in [5.74, 6) is -0.913. The van der Waals surface area contributed by atoms with Gasteiger partial charge in [-0.05, 0) is 24.1 Å². The number of carbonyl (C=O) groups is 1. The number of hydrogen-bond acceptors (Lipinski definition) is 4. The van der Waals surface area contributed by atoms with E-state index in [0.29, 0.717) is 0 Å². The van der Waals surface area contributed by atoms with E-state index in [1.165, 1.54) is 19.2 Å². The highest BCUT2D eigenvalue weighted by Gasteiger charge is 2.31. The third-order valence-corrected chi connectivity index (χ3v) is 2.33. The Morgan fingerprint density at radius 2 is 2.11 bits per heavy atom. The highest BCUT2D eigenvalue weighted by atomic mass is 19.4. The summed E-state index contributed by atoms with van der Waals surface area (Å²) >= 11 is 0. The van der Waals surface area contributed by atoms with E-state index in [1.54, 1.807) is 0 Å². The van der Waals surface area contributed by atoms with E-state index in [1.807, 2.05) is 0 Å². The van der Waals surface area contributed by atoms with Gasteiger partial charge >= 0.3 is 12.3 Å². The van der Waals surface area contributed by atoms with Crippen molar-refractivity contribution in [2.45, 2.75) is 25.3 Å². The van der Waals surface area contributed by atoms with E-state index in [4.69, 9.17) is 0 Å². The van der Waals surface area contributed by atoms with Gasteiger partial charge in [-0.1, -0.05) is 12.1 Å². The minimum atomic E-state index is -4.78. The molecule has 0 bridgehead atoms.